The van der Waals surface area contributed by atoms with E-state index in [0.29, 0.717) is 0 Å². The van der Waals surface area contributed by atoms with Crippen LogP contribution in [0.4, 0.5) is 10.1 Å². The van der Waals surface area contributed by atoms with E-state index in [1.165, 1.54) is 12.1 Å². The van der Waals surface area contributed by atoms with Crippen molar-refractivity contribution in [2.24, 2.45) is 0 Å². The maximum atomic E-state index is 13.1. The van der Waals surface area contributed by atoms with E-state index in [0.717, 1.165) is 17.8 Å². The van der Waals surface area contributed by atoms with Gasteiger partial charge in [0.2, 0.25) is 5.82 Å². The number of hydrogen-bond donors (Lipinski definition) is 1. The van der Waals surface area contributed by atoms with Crippen LogP contribution >= 0.6 is 11.8 Å². The fourth-order valence-corrected chi connectivity index (χ4v) is 1.97. The third-order valence-corrected chi connectivity index (χ3v) is 2.85. The first-order valence-electron chi connectivity index (χ1n) is 4.26. The Hall–Kier alpha value is -1.14. The number of aliphatic hydroxyl groups excluding tert-OH is 1. The number of hydrogen-bond acceptors (Lipinski definition) is 4. The Balaban J connectivity index is 3.06. The van der Waals surface area contributed by atoms with Gasteiger partial charge in [-0.05, 0) is 12.1 Å². The van der Waals surface area contributed by atoms with Crippen molar-refractivity contribution in [1.29, 1.82) is 0 Å². The molecule has 1 unspecified atom stereocenters. The quantitative estimate of drug-likeness (QED) is 0.490. The molecule has 1 aromatic rings. The van der Waals surface area contributed by atoms with Gasteiger partial charge in [0.1, 0.15) is 0 Å². The van der Waals surface area contributed by atoms with Crippen molar-refractivity contribution >= 4 is 17.4 Å². The van der Waals surface area contributed by atoms with Crippen LogP contribution in [0.25, 0.3) is 0 Å². The molecule has 0 aliphatic carbocycles. The first kappa shape index (κ1) is 11.9. The molecule has 0 saturated carbocycles. The van der Waals surface area contributed by atoms with Crippen molar-refractivity contribution in [2.45, 2.75) is 17.1 Å². The van der Waals surface area contributed by atoms with Crippen molar-refractivity contribution < 1.29 is 14.4 Å². The standard InChI is InChI=1S/C9H10FNO3S/c1-6(5-12)15-8-4-2-3-7(10)9(8)11(13)14/h2-4,6,12H,5H2,1H3. The first-order chi connectivity index (χ1) is 7.06. The van der Waals surface area contributed by atoms with Crippen molar-refractivity contribution in [1.82, 2.24) is 0 Å². The highest BCUT2D eigenvalue weighted by atomic mass is 32.2. The molecule has 4 nitrogen and oxygen atoms in total. The van der Waals surface area contributed by atoms with Crippen LogP contribution < -0.4 is 0 Å². The smallest absolute Gasteiger partial charge is 0.318 e. The average molecular weight is 231 g/mol. The summed E-state index contributed by atoms with van der Waals surface area (Å²) in [5.74, 6) is -0.852. The highest BCUT2D eigenvalue weighted by molar-refractivity contribution is 8.00. The Bertz CT molecular complexity index is 372. The van der Waals surface area contributed by atoms with Crippen LogP contribution in [0.3, 0.4) is 0 Å². The fourth-order valence-electron chi connectivity index (χ4n) is 1.02. The normalized spacial score (nSPS) is 12.5. The zero-order valence-corrected chi connectivity index (χ0v) is 8.83. The van der Waals surface area contributed by atoms with E-state index < -0.39 is 16.4 Å². The lowest BCUT2D eigenvalue weighted by molar-refractivity contribution is -0.390. The Morgan fingerprint density at radius 3 is 2.87 bits per heavy atom. The van der Waals surface area contributed by atoms with Crippen LogP contribution in [-0.4, -0.2) is 21.9 Å². The minimum Gasteiger partial charge on any atom is -0.395 e. The number of halogens is 1. The maximum Gasteiger partial charge on any atom is 0.318 e. The van der Waals surface area contributed by atoms with Crippen molar-refractivity contribution in [3.63, 3.8) is 0 Å². The minimum absolute atomic E-state index is 0.113. The topological polar surface area (TPSA) is 63.4 Å². The molecule has 0 aliphatic heterocycles. The summed E-state index contributed by atoms with van der Waals surface area (Å²) in [6.45, 7) is 1.59. The van der Waals surface area contributed by atoms with E-state index in [1.54, 1.807) is 6.92 Å². The first-order valence-corrected chi connectivity index (χ1v) is 5.14. The van der Waals surface area contributed by atoms with Crippen LogP contribution in [0.2, 0.25) is 0 Å². The molecule has 0 spiro atoms. The lowest BCUT2D eigenvalue weighted by Crippen LogP contribution is -2.03. The number of para-hydroxylation sites is 1. The Kier molecular flexibility index (Phi) is 4.05. The van der Waals surface area contributed by atoms with Gasteiger partial charge < -0.3 is 5.11 Å². The van der Waals surface area contributed by atoms with Crippen molar-refractivity contribution in [3.05, 3.63) is 34.1 Å². The molecule has 0 saturated heterocycles. The maximum absolute atomic E-state index is 13.1. The molecule has 0 bridgehead atoms. The lowest BCUT2D eigenvalue weighted by Gasteiger charge is -2.07. The van der Waals surface area contributed by atoms with E-state index >= 15 is 0 Å². The second kappa shape index (κ2) is 5.09. The van der Waals surface area contributed by atoms with Gasteiger partial charge in [-0.2, -0.15) is 4.39 Å². The van der Waals surface area contributed by atoms with Crippen LogP contribution in [0.5, 0.6) is 0 Å². The van der Waals surface area contributed by atoms with Gasteiger partial charge in [-0.1, -0.05) is 13.0 Å². The number of thioether (sulfide) groups is 1. The molecule has 0 fully saturated rings. The second-order valence-corrected chi connectivity index (χ2v) is 4.43. The van der Waals surface area contributed by atoms with Gasteiger partial charge in [0.15, 0.2) is 0 Å². The van der Waals surface area contributed by atoms with Gasteiger partial charge >= 0.3 is 5.69 Å². The van der Waals surface area contributed by atoms with Gasteiger partial charge in [-0.15, -0.1) is 11.8 Å². The van der Waals surface area contributed by atoms with Crippen molar-refractivity contribution in [3.8, 4) is 0 Å². The molecule has 0 aromatic heterocycles. The van der Waals surface area contributed by atoms with E-state index in [4.69, 9.17) is 5.11 Å². The highest BCUT2D eigenvalue weighted by Gasteiger charge is 2.21. The molecule has 0 aliphatic rings. The molecule has 15 heavy (non-hydrogen) atoms. The molecule has 0 amide bonds. The SMILES string of the molecule is CC(CO)Sc1cccc(F)c1[N+](=O)[O-]. The number of nitrogens with zero attached hydrogens (tertiary/aromatic N) is 1. The monoisotopic (exact) mass is 231 g/mol. The fraction of sp³-hybridized carbons (Fsp3) is 0.333. The number of nitro groups is 1. The molecule has 0 heterocycles. The van der Waals surface area contributed by atoms with Gasteiger partial charge in [0, 0.05) is 5.25 Å². The molecule has 1 aromatic carbocycles. The summed E-state index contributed by atoms with van der Waals surface area (Å²) < 4.78 is 13.1. The molecule has 82 valence electrons. The highest BCUT2D eigenvalue weighted by Crippen LogP contribution is 2.33. The van der Waals surface area contributed by atoms with Gasteiger partial charge in [-0.25, -0.2) is 0 Å². The summed E-state index contributed by atoms with van der Waals surface area (Å²) >= 11 is 1.08. The predicted octanol–water partition coefficient (Wildman–Crippen LogP) is 2.21. The van der Waals surface area contributed by atoms with E-state index in [2.05, 4.69) is 0 Å². The zero-order chi connectivity index (χ0) is 11.4. The molecule has 1 N–H and O–H groups in total. The lowest BCUT2D eigenvalue weighted by atomic mass is 10.3. The summed E-state index contributed by atoms with van der Waals surface area (Å²) in [6.07, 6.45) is 0. The summed E-state index contributed by atoms with van der Waals surface area (Å²) in [7, 11) is 0. The zero-order valence-electron chi connectivity index (χ0n) is 8.01. The molecule has 1 atom stereocenters. The van der Waals surface area contributed by atoms with Gasteiger partial charge in [0.25, 0.3) is 0 Å². The van der Waals surface area contributed by atoms with Gasteiger partial charge in [-0.3, -0.25) is 10.1 Å². The molecular formula is C9H10FNO3S. The summed E-state index contributed by atoms with van der Waals surface area (Å²) in [5, 5.41) is 19.2. The Morgan fingerprint density at radius 2 is 2.33 bits per heavy atom. The number of rotatable bonds is 4. The van der Waals surface area contributed by atoms with Gasteiger partial charge in [0.05, 0.1) is 16.4 Å². The minimum atomic E-state index is -0.852. The van der Waals surface area contributed by atoms with E-state index in [-0.39, 0.29) is 16.8 Å². The Labute approximate surface area is 90.3 Å². The largest absolute Gasteiger partial charge is 0.395 e. The molecular weight excluding hydrogens is 221 g/mol. The third kappa shape index (κ3) is 2.90. The number of aliphatic hydroxyl groups is 1. The van der Waals surface area contributed by atoms with Crippen LogP contribution in [0, 0.1) is 15.9 Å². The summed E-state index contributed by atoms with van der Waals surface area (Å²) in [6, 6.07) is 3.93. The molecule has 6 heteroatoms. The van der Waals surface area contributed by atoms with E-state index in [9.17, 15) is 14.5 Å². The number of nitro benzene ring substituents is 1. The van der Waals surface area contributed by atoms with Crippen LogP contribution in [0.1, 0.15) is 6.92 Å². The number of benzene rings is 1. The second-order valence-electron chi connectivity index (χ2n) is 2.95. The summed E-state index contributed by atoms with van der Waals surface area (Å²) in [4.78, 5) is 10.1. The van der Waals surface area contributed by atoms with Crippen LogP contribution in [0.15, 0.2) is 23.1 Å². The van der Waals surface area contributed by atoms with Crippen LogP contribution in [-0.2, 0) is 0 Å². The third-order valence-electron chi connectivity index (χ3n) is 1.72. The summed E-state index contributed by atoms with van der Waals surface area (Å²) in [5.41, 5.74) is -0.525. The van der Waals surface area contributed by atoms with Crippen molar-refractivity contribution in [2.75, 3.05) is 6.61 Å². The van der Waals surface area contributed by atoms with E-state index in [1.807, 2.05) is 0 Å². The molecule has 0 radical (unpaired) electrons. The molecule has 1 rings (SSSR count). The predicted molar refractivity (Wildman–Crippen MR) is 55.5 cm³/mol. The average Bonchev–Trinajstić information content (AvgIpc) is 2.17. The Morgan fingerprint density at radius 1 is 1.67 bits per heavy atom.